The van der Waals surface area contributed by atoms with E-state index in [0.29, 0.717) is 6.54 Å². The minimum absolute atomic E-state index is 0.391. The molecule has 0 saturated carbocycles. The SMILES string of the molecule is Cc1cc([C@@H](O)CN(C)C)cc(C)c1C. The van der Waals surface area contributed by atoms with Gasteiger partial charge in [-0.3, -0.25) is 0 Å². The lowest BCUT2D eigenvalue weighted by Gasteiger charge is -2.18. The van der Waals surface area contributed by atoms with Crippen LogP contribution in [-0.2, 0) is 0 Å². The number of rotatable bonds is 3. The Hall–Kier alpha value is -0.860. The molecule has 1 N–H and O–H groups in total. The Morgan fingerprint density at radius 1 is 1.13 bits per heavy atom. The van der Waals surface area contributed by atoms with E-state index in [1.807, 2.05) is 19.0 Å². The van der Waals surface area contributed by atoms with E-state index in [-0.39, 0.29) is 0 Å². The van der Waals surface area contributed by atoms with Crippen molar-refractivity contribution in [3.8, 4) is 0 Å². The van der Waals surface area contributed by atoms with Crippen molar-refractivity contribution >= 4 is 0 Å². The fraction of sp³-hybridized carbons (Fsp3) is 0.538. The van der Waals surface area contributed by atoms with Gasteiger partial charge in [0.15, 0.2) is 0 Å². The Kier molecular flexibility index (Phi) is 3.89. The first-order chi connectivity index (χ1) is 6.91. The average molecular weight is 207 g/mol. The molecule has 2 nitrogen and oxygen atoms in total. The summed E-state index contributed by atoms with van der Waals surface area (Å²) in [6.45, 7) is 6.97. The first-order valence-electron chi connectivity index (χ1n) is 5.32. The molecule has 0 radical (unpaired) electrons. The highest BCUT2D eigenvalue weighted by molar-refractivity contribution is 5.37. The largest absolute Gasteiger partial charge is 0.387 e. The summed E-state index contributed by atoms with van der Waals surface area (Å²) in [4.78, 5) is 2.00. The Balaban J connectivity index is 2.95. The van der Waals surface area contributed by atoms with Gasteiger partial charge in [0.2, 0.25) is 0 Å². The molecular formula is C13H21NO. The molecule has 0 spiro atoms. The highest BCUT2D eigenvalue weighted by Gasteiger charge is 2.10. The van der Waals surface area contributed by atoms with Crippen LogP contribution in [0.3, 0.4) is 0 Å². The van der Waals surface area contributed by atoms with Gasteiger partial charge in [0, 0.05) is 6.54 Å². The molecule has 0 amide bonds. The predicted octanol–water partition coefficient (Wildman–Crippen LogP) is 2.21. The minimum atomic E-state index is -0.391. The number of likely N-dealkylation sites (N-methyl/N-ethyl adjacent to an activating group) is 1. The van der Waals surface area contributed by atoms with Gasteiger partial charge >= 0.3 is 0 Å². The molecule has 0 heterocycles. The van der Waals surface area contributed by atoms with E-state index >= 15 is 0 Å². The van der Waals surface area contributed by atoms with E-state index in [4.69, 9.17) is 0 Å². The van der Waals surface area contributed by atoms with Crippen molar-refractivity contribution in [2.24, 2.45) is 0 Å². The molecule has 1 rings (SSSR count). The molecule has 1 aromatic carbocycles. The van der Waals surface area contributed by atoms with E-state index < -0.39 is 6.10 Å². The zero-order valence-corrected chi connectivity index (χ0v) is 10.3. The van der Waals surface area contributed by atoms with Crippen LogP contribution >= 0.6 is 0 Å². The Bertz CT molecular complexity index is 321. The van der Waals surface area contributed by atoms with E-state index in [1.54, 1.807) is 0 Å². The van der Waals surface area contributed by atoms with Crippen molar-refractivity contribution in [3.63, 3.8) is 0 Å². The highest BCUT2D eigenvalue weighted by Crippen LogP contribution is 2.20. The molecule has 0 bridgehead atoms. The summed E-state index contributed by atoms with van der Waals surface area (Å²) in [5.41, 5.74) is 4.84. The number of hydrogen-bond acceptors (Lipinski definition) is 2. The van der Waals surface area contributed by atoms with E-state index in [2.05, 4.69) is 32.9 Å². The van der Waals surface area contributed by atoms with Crippen molar-refractivity contribution in [1.29, 1.82) is 0 Å². The van der Waals surface area contributed by atoms with Gasteiger partial charge in [-0.2, -0.15) is 0 Å². The maximum Gasteiger partial charge on any atom is 0.0916 e. The van der Waals surface area contributed by atoms with E-state index in [9.17, 15) is 5.11 Å². The maximum atomic E-state index is 9.99. The number of hydrogen-bond donors (Lipinski definition) is 1. The monoisotopic (exact) mass is 207 g/mol. The molecule has 1 aromatic rings. The van der Waals surface area contributed by atoms with Crippen molar-refractivity contribution < 1.29 is 5.11 Å². The number of aryl methyl sites for hydroxylation is 2. The van der Waals surface area contributed by atoms with Gasteiger partial charge in [-0.05, 0) is 57.1 Å². The number of nitrogens with zero attached hydrogens (tertiary/aromatic N) is 1. The molecule has 84 valence electrons. The van der Waals surface area contributed by atoms with Crippen molar-refractivity contribution in [2.75, 3.05) is 20.6 Å². The number of benzene rings is 1. The summed E-state index contributed by atoms with van der Waals surface area (Å²) >= 11 is 0. The zero-order valence-electron chi connectivity index (χ0n) is 10.3. The van der Waals surface area contributed by atoms with Crippen LogP contribution in [-0.4, -0.2) is 30.6 Å². The summed E-state index contributed by atoms with van der Waals surface area (Å²) in [7, 11) is 3.94. The molecule has 0 saturated heterocycles. The second kappa shape index (κ2) is 4.77. The normalized spacial score (nSPS) is 13.3. The number of aliphatic hydroxyl groups excluding tert-OH is 1. The fourth-order valence-corrected chi connectivity index (χ4v) is 1.71. The third kappa shape index (κ3) is 3.05. The first kappa shape index (κ1) is 12.2. The van der Waals surface area contributed by atoms with Crippen molar-refractivity contribution in [2.45, 2.75) is 26.9 Å². The first-order valence-corrected chi connectivity index (χ1v) is 5.32. The lowest BCUT2D eigenvalue weighted by Crippen LogP contribution is -2.20. The van der Waals surface area contributed by atoms with Crippen molar-refractivity contribution in [3.05, 3.63) is 34.4 Å². The van der Waals surface area contributed by atoms with Crippen molar-refractivity contribution in [1.82, 2.24) is 4.90 Å². The van der Waals surface area contributed by atoms with Crippen LogP contribution in [0.5, 0.6) is 0 Å². The molecule has 0 aromatic heterocycles. The van der Waals surface area contributed by atoms with Crippen LogP contribution in [0.25, 0.3) is 0 Å². The van der Waals surface area contributed by atoms with Crippen LogP contribution in [0.1, 0.15) is 28.4 Å². The van der Waals surface area contributed by atoms with Gasteiger partial charge in [-0.25, -0.2) is 0 Å². The second-order valence-corrected chi connectivity index (χ2v) is 4.56. The van der Waals surface area contributed by atoms with Crippen LogP contribution < -0.4 is 0 Å². The van der Waals surface area contributed by atoms with Crippen LogP contribution in [0.4, 0.5) is 0 Å². The fourth-order valence-electron chi connectivity index (χ4n) is 1.71. The maximum absolute atomic E-state index is 9.99. The molecule has 0 aliphatic rings. The highest BCUT2D eigenvalue weighted by atomic mass is 16.3. The molecule has 1 atom stereocenters. The van der Waals surface area contributed by atoms with E-state index in [1.165, 1.54) is 16.7 Å². The Labute approximate surface area is 92.5 Å². The number of aliphatic hydroxyl groups is 1. The third-order valence-corrected chi connectivity index (χ3v) is 2.87. The Morgan fingerprint density at radius 2 is 1.60 bits per heavy atom. The van der Waals surface area contributed by atoms with Crippen LogP contribution in [0.15, 0.2) is 12.1 Å². The van der Waals surface area contributed by atoms with Gasteiger partial charge in [0.1, 0.15) is 0 Å². The second-order valence-electron chi connectivity index (χ2n) is 4.56. The van der Waals surface area contributed by atoms with Gasteiger partial charge < -0.3 is 10.0 Å². The summed E-state index contributed by atoms with van der Waals surface area (Å²) < 4.78 is 0. The van der Waals surface area contributed by atoms with Crippen LogP contribution in [0, 0.1) is 20.8 Å². The standard InChI is InChI=1S/C13H21NO/c1-9-6-12(7-10(2)11(9)3)13(15)8-14(4)5/h6-7,13,15H,8H2,1-5H3/t13-/m0/s1. The third-order valence-electron chi connectivity index (χ3n) is 2.87. The lowest BCUT2D eigenvalue weighted by atomic mass is 9.98. The van der Waals surface area contributed by atoms with Gasteiger partial charge in [-0.1, -0.05) is 12.1 Å². The summed E-state index contributed by atoms with van der Waals surface area (Å²) in [6, 6.07) is 4.16. The molecular weight excluding hydrogens is 186 g/mol. The van der Waals surface area contributed by atoms with Gasteiger partial charge in [0.25, 0.3) is 0 Å². The molecule has 0 aliphatic carbocycles. The molecule has 2 heteroatoms. The summed E-state index contributed by atoms with van der Waals surface area (Å²) in [5.74, 6) is 0. The molecule has 15 heavy (non-hydrogen) atoms. The van der Waals surface area contributed by atoms with E-state index in [0.717, 1.165) is 5.56 Å². The molecule has 0 unspecified atom stereocenters. The molecule has 0 fully saturated rings. The average Bonchev–Trinajstić information content (AvgIpc) is 2.12. The summed E-state index contributed by atoms with van der Waals surface area (Å²) in [6.07, 6.45) is -0.391. The Morgan fingerprint density at radius 3 is 2.00 bits per heavy atom. The van der Waals surface area contributed by atoms with Gasteiger partial charge in [0.05, 0.1) is 6.10 Å². The molecule has 0 aliphatic heterocycles. The summed E-state index contributed by atoms with van der Waals surface area (Å²) in [5, 5.41) is 9.99. The quantitative estimate of drug-likeness (QED) is 0.821. The minimum Gasteiger partial charge on any atom is -0.387 e. The van der Waals surface area contributed by atoms with Gasteiger partial charge in [-0.15, -0.1) is 0 Å². The van der Waals surface area contributed by atoms with Crippen LogP contribution in [0.2, 0.25) is 0 Å². The smallest absolute Gasteiger partial charge is 0.0916 e. The zero-order chi connectivity index (χ0) is 11.6. The topological polar surface area (TPSA) is 23.5 Å². The lowest BCUT2D eigenvalue weighted by molar-refractivity contribution is 0.138. The predicted molar refractivity (Wildman–Crippen MR) is 64.2 cm³/mol.